The first kappa shape index (κ1) is 12.9. The number of rotatable bonds is 2. The number of pyridine rings is 1. The third kappa shape index (κ3) is 2.55. The molecule has 1 atom stereocenters. The molecule has 0 aromatic carbocycles. The summed E-state index contributed by atoms with van der Waals surface area (Å²) < 4.78 is 10.5. The summed E-state index contributed by atoms with van der Waals surface area (Å²) in [6.07, 6.45) is 5.15. The van der Waals surface area contributed by atoms with E-state index in [0.717, 1.165) is 18.9 Å². The van der Waals surface area contributed by atoms with Crippen LogP contribution in [-0.4, -0.2) is 48.3 Å². The highest BCUT2D eigenvalue weighted by molar-refractivity contribution is 5.93. The molecule has 5 heterocycles. The normalized spacial score (nSPS) is 30.0. The van der Waals surface area contributed by atoms with Gasteiger partial charge in [-0.15, -0.1) is 0 Å². The first-order chi connectivity index (χ1) is 10.3. The third-order valence-electron chi connectivity index (χ3n) is 4.63. The Bertz CT molecular complexity index is 541. The highest BCUT2D eigenvalue weighted by atomic mass is 16.7. The van der Waals surface area contributed by atoms with E-state index in [-0.39, 0.29) is 18.7 Å². The number of carbonyl (C=O) groups is 1. The maximum atomic E-state index is 12.4. The number of fused-ring (bicyclic) bond motifs is 5. The Morgan fingerprint density at radius 2 is 2.10 bits per heavy atom. The van der Waals surface area contributed by atoms with Crippen molar-refractivity contribution >= 4 is 5.91 Å². The summed E-state index contributed by atoms with van der Waals surface area (Å²) in [7, 11) is 0. The smallest absolute Gasteiger partial charge is 0.270 e. The van der Waals surface area contributed by atoms with Crippen LogP contribution in [0.3, 0.4) is 0 Å². The third-order valence-corrected chi connectivity index (χ3v) is 4.63. The van der Waals surface area contributed by atoms with Gasteiger partial charge in [-0.05, 0) is 38.3 Å². The van der Waals surface area contributed by atoms with Gasteiger partial charge < -0.3 is 19.7 Å². The van der Waals surface area contributed by atoms with Crippen LogP contribution in [0.25, 0.3) is 0 Å². The molecule has 1 N–H and O–H groups in total. The van der Waals surface area contributed by atoms with Gasteiger partial charge in [0.25, 0.3) is 5.91 Å². The van der Waals surface area contributed by atoms with Crippen molar-refractivity contribution in [1.29, 1.82) is 0 Å². The number of amides is 1. The highest BCUT2D eigenvalue weighted by Gasteiger charge is 2.30. The van der Waals surface area contributed by atoms with Gasteiger partial charge >= 0.3 is 0 Å². The van der Waals surface area contributed by atoms with Crippen LogP contribution in [0, 0.1) is 5.92 Å². The van der Waals surface area contributed by atoms with Crippen molar-refractivity contribution in [1.82, 2.24) is 15.2 Å². The summed E-state index contributed by atoms with van der Waals surface area (Å²) in [6.45, 7) is 3.48. The van der Waals surface area contributed by atoms with Gasteiger partial charge in [-0.25, -0.2) is 4.98 Å². The zero-order valence-corrected chi connectivity index (χ0v) is 11.9. The van der Waals surface area contributed by atoms with Crippen molar-refractivity contribution < 1.29 is 14.3 Å². The van der Waals surface area contributed by atoms with E-state index >= 15 is 0 Å². The molecule has 2 bridgehead atoms. The van der Waals surface area contributed by atoms with Crippen molar-refractivity contribution in [2.75, 3.05) is 26.4 Å². The van der Waals surface area contributed by atoms with Gasteiger partial charge in [0.2, 0.25) is 6.79 Å². The maximum Gasteiger partial charge on any atom is 0.270 e. The summed E-state index contributed by atoms with van der Waals surface area (Å²) >= 11 is 0. The van der Waals surface area contributed by atoms with Gasteiger partial charge in [0, 0.05) is 18.7 Å². The number of nitrogens with zero attached hydrogens (tertiary/aromatic N) is 2. The molecule has 4 aliphatic rings. The van der Waals surface area contributed by atoms with Crippen molar-refractivity contribution in [2.24, 2.45) is 5.92 Å². The average molecular weight is 289 g/mol. The highest BCUT2D eigenvalue weighted by Crippen LogP contribution is 2.31. The summed E-state index contributed by atoms with van der Waals surface area (Å²) in [6, 6.07) is 1.88. The number of piperidine rings is 1. The summed E-state index contributed by atoms with van der Waals surface area (Å²) in [4.78, 5) is 19.0. The fourth-order valence-corrected chi connectivity index (χ4v) is 3.48. The van der Waals surface area contributed by atoms with E-state index in [1.165, 1.54) is 25.9 Å². The Labute approximate surface area is 123 Å². The standard InChI is InChI=1S/C15H19N3O3/c19-15(12-6-13-14(7-16-12)21-9-20-13)17-11-5-10-1-3-18(8-11)4-2-10/h6-7,10-11H,1-5,8-9H2,(H,17,19). The first-order valence-corrected chi connectivity index (χ1v) is 7.57. The zero-order valence-electron chi connectivity index (χ0n) is 11.9. The minimum atomic E-state index is -0.124. The van der Waals surface area contributed by atoms with Crippen LogP contribution >= 0.6 is 0 Å². The SMILES string of the molecule is O=C(NC1CC2CCN(CC2)C1)c1cc2c(cn1)OCO2. The van der Waals surface area contributed by atoms with Gasteiger partial charge in [-0.3, -0.25) is 4.79 Å². The molecule has 1 amide bonds. The van der Waals surface area contributed by atoms with E-state index in [2.05, 4.69) is 15.2 Å². The number of carbonyl (C=O) groups excluding carboxylic acids is 1. The molecule has 1 aromatic heterocycles. The van der Waals surface area contributed by atoms with Gasteiger partial charge in [-0.2, -0.15) is 0 Å². The van der Waals surface area contributed by atoms with Crippen molar-refractivity contribution in [3.8, 4) is 11.5 Å². The zero-order chi connectivity index (χ0) is 14.2. The summed E-state index contributed by atoms with van der Waals surface area (Å²) in [5, 5.41) is 3.13. The van der Waals surface area contributed by atoms with Gasteiger partial charge in [0.05, 0.1) is 6.20 Å². The molecule has 3 fully saturated rings. The van der Waals surface area contributed by atoms with Gasteiger partial charge in [-0.1, -0.05) is 0 Å². The van der Waals surface area contributed by atoms with E-state index in [9.17, 15) is 4.79 Å². The Hall–Kier alpha value is -1.82. The van der Waals surface area contributed by atoms with Crippen LogP contribution in [-0.2, 0) is 0 Å². The van der Waals surface area contributed by atoms with Gasteiger partial charge in [0.1, 0.15) is 5.69 Å². The van der Waals surface area contributed by atoms with Crippen molar-refractivity contribution in [3.63, 3.8) is 0 Å². The average Bonchev–Trinajstić information content (AvgIpc) is 2.78. The van der Waals surface area contributed by atoms with Crippen LogP contribution in [0.15, 0.2) is 12.3 Å². The second-order valence-electron chi connectivity index (χ2n) is 6.07. The van der Waals surface area contributed by atoms with E-state index in [1.54, 1.807) is 12.3 Å². The van der Waals surface area contributed by atoms with Crippen molar-refractivity contribution in [3.05, 3.63) is 18.0 Å². The molecule has 6 nitrogen and oxygen atoms in total. The molecule has 0 radical (unpaired) electrons. The molecule has 6 heteroatoms. The number of ether oxygens (including phenoxy) is 2. The molecular weight excluding hydrogens is 270 g/mol. The Morgan fingerprint density at radius 1 is 1.29 bits per heavy atom. The predicted molar refractivity (Wildman–Crippen MR) is 75.4 cm³/mol. The lowest BCUT2D eigenvalue weighted by molar-refractivity contribution is 0.0923. The number of hydrogen-bond donors (Lipinski definition) is 1. The summed E-state index contributed by atoms with van der Waals surface area (Å²) in [5.41, 5.74) is 0.394. The molecule has 0 saturated carbocycles. The Balaban J connectivity index is 1.45. The molecule has 112 valence electrons. The molecular formula is C15H19N3O3. The molecule has 3 saturated heterocycles. The maximum absolute atomic E-state index is 12.4. The lowest BCUT2D eigenvalue weighted by atomic mass is 9.94. The monoisotopic (exact) mass is 289 g/mol. The Kier molecular flexibility index (Phi) is 3.18. The van der Waals surface area contributed by atoms with E-state index < -0.39 is 0 Å². The van der Waals surface area contributed by atoms with Crippen LogP contribution in [0.1, 0.15) is 29.8 Å². The van der Waals surface area contributed by atoms with Crippen LogP contribution in [0.5, 0.6) is 11.5 Å². The molecule has 0 aliphatic carbocycles. The minimum Gasteiger partial charge on any atom is -0.453 e. The van der Waals surface area contributed by atoms with E-state index in [0.29, 0.717) is 17.2 Å². The first-order valence-electron chi connectivity index (χ1n) is 7.57. The van der Waals surface area contributed by atoms with E-state index in [1.807, 2.05) is 0 Å². The van der Waals surface area contributed by atoms with Crippen molar-refractivity contribution in [2.45, 2.75) is 25.3 Å². The molecule has 5 rings (SSSR count). The fourth-order valence-electron chi connectivity index (χ4n) is 3.48. The number of nitrogens with one attached hydrogen (secondary N) is 1. The predicted octanol–water partition coefficient (Wildman–Crippen LogP) is 1.02. The van der Waals surface area contributed by atoms with E-state index in [4.69, 9.17) is 9.47 Å². The minimum absolute atomic E-state index is 0.124. The van der Waals surface area contributed by atoms with Gasteiger partial charge in [0.15, 0.2) is 11.5 Å². The lowest BCUT2D eigenvalue weighted by Crippen LogP contribution is -2.42. The Morgan fingerprint density at radius 3 is 2.95 bits per heavy atom. The number of aromatic nitrogens is 1. The second-order valence-corrected chi connectivity index (χ2v) is 6.07. The van der Waals surface area contributed by atoms with Crippen LogP contribution < -0.4 is 14.8 Å². The second kappa shape index (κ2) is 5.18. The largest absolute Gasteiger partial charge is 0.453 e. The lowest BCUT2D eigenvalue weighted by Gasteiger charge is -2.26. The summed E-state index contributed by atoms with van der Waals surface area (Å²) in [5.74, 6) is 1.82. The topological polar surface area (TPSA) is 63.7 Å². The molecule has 21 heavy (non-hydrogen) atoms. The van der Waals surface area contributed by atoms with Crippen LogP contribution in [0.2, 0.25) is 0 Å². The quantitative estimate of drug-likeness (QED) is 0.881. The molecule has 0 spiro atoms. The molecule has 4 aliphatic heterocycles. The number of hydrogen-bond acceptors (Lipinski definition) is 5. The molecule has 1 unspecified atom stereocenters. The fraction of sp³-hybridized carbons (Fsp3) is 0.600. The van der Waals surface area contributed by atoms with Crippen LogP contribution in [0.4, 0.5) is 0 Å². The molecule has 1 aromatic rings.